The number of carbonyl (C=O) groups excluding carboxylic acids is 2. The van der Waals surface area contributed by atoms with Crippen LogP contribution in [0.25, 0.3) is 6.08 Å². The van der Waals surface area contributed by atoms with Gasteiger partial charge in [-0.05, 0) is 109 Å². The van der Waals surface area contributed by atoms with Crippen LogP contribution in [0.4, 0.5) is 0 Å². The second kappa shape index (κ2) is 14.0. The molecule has 0 amide bonds. The van der Waals surface area contributed by atoms with E-state index in [0.717, 1.165) is 12.7 Å². The zero-order valence-corrected chi connectivity index (χ0v) is 28.0. The Bertz CT molecular complexity index is 1680. The van der Waals surface area contributed by atoms with Crippen molar-refractivity contribution < 1.29 is 28.5 Å². The molecule has 0 N–H and O–H groups in total. The molecule has 2 aromatic carbocycles. The van der Waals surface area contributed by atoms with Crippen molar-refractivity contribution in [2.24, 2.45) is 4.99 Å². The van der Waals surface area contributed by atoms with E-state index in [1.54, 1.807) is 26.8 Å². The lowest BCUT2D eigenvalue weighted by Gasteiger charge is -2.24. The first-order valence-corrected chi connectivity index (χ1v) is 15.9. The van der Waals surface area contributed by atoms with Crippen molar-refractivity contribution >= 4 is 74.5 Å². The maximum absolute atomic E-state index is 14.0. The third-order valence-corrected chi connectivity index (χ3v) is 8.39. The quantitative estimate of drug-likeness (QED) is 0.222. The van der Waals surface area contributed by atoms with E-state index in [2.05, 4.69) is 50.2 Å². The highest BCUT2D eigenvalue weighted by molar-refractivity contribution is 14.1. The van der Waals surface area contributed by atoms with E-state index >= 15 is 0 Å². The number of esters is 2. The molecule has 1 aliphatic heterocycles. The highest BCUT2D eigenvalue weighted by Gasteiger charge is 2.33. The zero-order valence-electron chi connectivity index (χ0n) is 22.9. The molecule has 0 fully saturated rings. The summed E-state index contributed by atoms with van der Waals surface area (Å²) in [6.45, 7) is 7.81. The molecule has 4 rings (SSSR count). The second-order valence-electron chi connectivity index (χ2n) is 8.70. The average molecular weight is 802 g/mol. The van der Waals surface area contributed by atoms with Gasteiger partial charge in [-0.3, -0.25) is 9.36 Å². The van der Waals surface area contributed by atoms with Crippen molar-refractivity contribution in [1.82, 2.24) is 4.57 Å². The van der Waals surface area contributed by atoms with E-state index in [1.165, 1.54) is 15.9 Å². The molecule has 0 unspecified atom stereocenters. The van der Waals surface area contributed by atoms with Crippen LogP contribution in [0.1, 0.15) is 44.9 Å². The van der Waals surface area contributed by atoms with Crippen LogP contribution in [0.3, 0.4) is 0 Å². The van der Waals surface area contributed by atoms with Crippen molar-refractivity contribution in [1.29, 1.82) is 0 Å². The van der Waals surface area contributed by atoms with Crippen molar-refractivity contribution in [3.8, 4) is 11.5 Å². The number of nitrogens with zero attached hydrogens (tertiary/aromatic N) is 2. The molecule has 1 aliphatic rings. The molecule has 0 aliphatic carbocycles. The number of rotatable bonds is 10. The molecule has 0 saturated carbocycles. The van der Waals surface area contributed by atoms with E-state index in [4.69, 9.17) is 18.9 Å². The van der Waals surface area contributed by atoms with Gasteiger partial charge in [0.15, 0.2) is 11.4 Å². The smallest absolute Gasteiger partial charge is 0.344 e. The largest absolute Gasteiger partial charge is 0.494 e. The first kappa shape index (κ1) is 31.2. The number of fused-ring (bicyclic) bond motifs is 1. The van der Waals surface area contributed by atoms with Crippen LogP contribution >= 0.6 is 56.5 Å². The molecule has 0 radical (unpaired) electrons. The molecule has 216 valence electrons. The Morgan fingerprint density at radius 2 is 1.73 bits per heavy atom. The van der Waals surface area contributed by atoms with Gasteiger partial charge in [0.2, 0.25) is 0 Å². The number of aromatic nitrogens is 1. The molecule has 0 saturated heterocycles. The standard InChI is InChI=1S/C29H28I2N2O7S/c1-5-37-20-10-8-17(9-11-20)25-24(28(36)39-7-3)16(4)32-29-33(25)27(35)22(41-29)13-18-12-19(30)14-21(31)26(18)40-15-23(34)38-6-2/h8-14,25H,5-7,15H2,1-4H3/b22-13-/t25-/m1/s1. The Morgan fingerprint density at radius 3 is 2.39 bits per heavy atom. The molecule has 3 aromatic rings. The number of hydrogen-bond donors (Lipinski definition) is 0. The molecule has 9 nitrogen and oxygen atoms in total. The topological polar surface area (TPSA) is 105 Å². The Hall–Kier alpha value is -2.72. The second-order valence-corrected chi connectivity index (χ2v) is 12.1. The fourth-order valence-electron chi connectivity index (χ4n) is 4.33. The van der Waals surface area contributed by atoms with Gasteiger partial charge in [-0.2, -0.15) is 0 Å². The Balaban J connectivity index is 1.88. The molecule has 41 heavy (non-hydrogen) atoms. The third kappa shape index (κ3) is 7.02. The lowest BCUT2D eigenvalue weighted by molar-refractivity contribution is -0.145. The van der Waals surface area contributed by atoms with E-state index in [-0.39, 0.29) is 25.4 Å². The van der Waals surface area contributed by atoms with E-state index in [9.17, 15) is 14.4 Å². The van der Waals surface area contributed by atoms with Crippen LogP contribution in [0, 0.1) is 7.14 Å². The first-order valence-electron chi connectivity index (χ1n) is 12.9. The molecule has 0 bridgehead atoms. The summed E-state index contributed by atoms with van der Waals surface area (Å²) < 4.78 is 25.4. The summed E-state index contributed by atoms with van der Waals surface area (Å²) in [4.78, 5) is 44.2. The Kier molecular flexibility index (Phi) is 10.6. The predicted molar refractivity (Wildman–Crippen MR) is 172 cm³/mol. The predicted octanol–water partition coefficient (Wildman–Crippen LogP) is 4.35. The fraction of sp³-hybridized carbons (Fsp3) is 0.310. The minimum Gasteiger partial charge on any atom is -0.494 e. The lowest BCUT2D eigenvalue weighted by Crippen LogP contribution is -2.39. The van der Waals surface area contributed by atoms with Crippen molar-refractivity contribution in [3.05, 3.63) is 85.6 Å². The first-order chi connectivity index (χ1) is 19.7. The SMILES string of the molecule is CCOC(=O)COc1c(I)cc(I)cc1/C=c1\sc2n(c1=O)[C@H](c1ccc(OCC)cc1)C(C(=O)OCC)=C(C)N=2. The molecular formula is C29H28I2N2O7S. The maximum atomic E-state index is 14.0. The normalized spacial score (nSPS) is 14.8. The molecule has 12 heteroatoms. The van der Waals surface area contributed by atoms with Gasteiger partial charge < -0.3 is 18.9 Å². The zero-order chi connectivity index (χ0) is 29.7. The Labute approximate surface area is 268 Å². The van der Waals surface area contributed by atoms with Crippen LogP contribution in [-0.2, 0) is 19.1 Å². The molecule has 2 heterocycles. The number of allylic oxidation sites excluding steroid dienone is 1. The fourth-order valence-corrected chi connectivity index (χ4v) is 7.42. The summed E-state index contributed by atoms with van der Waals surface area (Å²) in [6, 6.07) is 10.4. The van der Waals surface area contributed by atoms with Gasteiger partial charge in [-0.15, -0.1) is 0 Å². The van der Waals surface area contributed by atoms with Gasteiger partial charge in [0.25, 0.3) is 5.56 Å². The van der Waals surface area contributed by atoms with Crippen LogP contribution < -0.4 is 24.4 Å². The molecule has 1 aromatic heterocycles. The third-order valence-electron chi connectivity index (χ3n) is 5.99. The van der Waals surface area contributed by atoms with Gasteiger partial charge >= 0.3 is 11.9 Å². The average Bonchev–Trinajstić information content (AvgIpc) is 3.22. The highest BCUT2D eigenvalue weighted by Crippen LogP contribution is 2.32. The molecule has 1 atom stereocenters. The van der Waals surface area contributed by atoms with Crippen LogP contribution in [0.15, 0.2) is 57.5 Å². The van der Waals surface area contributed by atoms with Gasteiger partial charge in [0.1, 0.15) is 11.5 Å². The number of hydrogen-bond acceptors (Lipinski definition) is 9. The minimum atomic E-state index is -0.737. The van der Waals surface area contributed by atoms with Gasteiger partial charge in [-0.1, -0.05) is 23.5 Å². The summed E-state index contributed by atoms with van der Waals surface area (Å²) in [6.07, 6.45) is 1.73. The van der Waals surface area contributed by atoms with Crippen molar-refractivity contribution in [2.75, 3.05) is 26.4 Å². The van der Waals surface area contributed by atoms with E-state index < -0.39 is 18.0 Å². The summed E-state index contributed by atoms with van der Waals surface area (Å²) in [5, 5.41) is 0. The van der Waals surface area contributed by atoms with Crippen LogP contribution in [0.2, 0.25) is 0 Å². The van der Waals surface area contributed by atoms with Crippen molar-refractivity contribution in [3.63, 3.8) is 0 Å². The Morgan fingerprint density at radius 1 is 1.02 bits per heavy atom. The minimum absolute atomic E-state index is 0.190. The molecular weight excluding hydrogens is 774 g/mol. The number of benzene rings is 2. The van der Waals surface area contributed by atoms with Crippen LogP contribution in [-0.4, -0.2) is 42.9 Å². The summed E-state index contributed by atoms with van der Waals surface area (Å²) in [5.74, 6) is 0.148. The van der Waals surface area contributed by atoms with Crippen LogP contribution in [0.5, 0.6) is 11.5 Å². The number of ether oxygens (including phenoxy) is 4. The summed E-state index contributed by atoms with van der Waals surface area (Å²) >= 11 is 5.55. The lowest BCUT2D eigenvalue weighted by atomic mass is 9.96. The monoisotopic (exact) mass is 802 g/mol. The maximum Gasteiger partial charge on any atom is 0.344 e. The van der Waals surface area contributed by atoms with E-state index in [0.29, 0.717) is 44.3 Å². The number of thiazole rings is 1. The van der Waals surface area contributed by atoms with Crippen molar-refractivity contribution in [2.45, 2.75) is 33.7 Å². The van der Waals surface area contributed by atoms with Gasteiger partial charge in [0.05, 0.1) is 45.2 Å². The highest BCUT2D eigenvalue weighted by atomic mass is 127. The van der Waals surface area contributed by atoms with E-state index in [1.807, 2.05) is 43.3 Å². The molecule has 0 spiro atoms. The number of carbonyl (C=O) groups is 2. The number of halogens is 2. The van der Waals surface area contributed by atoms with Gasteiger partial charge in [-0.25, -0.2) is 14.6 Å². The van der Waals surface area contributed by atoms with Gasteiger partial charge in [0, 0.05) is 9.13 Å². The summed E-state index contributed by atoms with van der Waals surface area (Å²) in [7, 11) is 0. The summed E-state index contributed by atoms with van der Waals surface area (Å²) in [5.41, 5.74) is 1.83.